The van der Waals surface area contributed by atoms with Crippen LogP contribution in [0.5, 0.6) is 0 Å². The Morgan fingerprint density at radius 1 is 1.00 bits per heavy atom. The van der Waals surface area contributed by atoms with Crippen molar-refractivity contribution >= 4 is 34.8 Å². The van der Waals surface area contributed by atoms with E-state index in [0.717, 1.165) is 40.1 Å². The summed E-state index contributed by atoms with van der Waals surface area (Å²) in [7, 11) is 0. The normalized spacial score (nSPS) is 14.2. The number of halogens is 1. The summed E-state index contributed by atoms with van der Waals surface area (Å²) in [4.78, 5) is 25.4. The smallest absolute Gasteiger partial charge is 0.291 e. The molecule has 1 aliphatic carbocycles. The second-order valence-corrected chi connectivity index (χ2v) is 8.48. The van der Waals surface area contributed by atoms with Gasteiger partial charge in [-0.15, -0.1) is 0 Å². The molecule has 0 bridgehead atoms. The van der Waals surface area contributed by atoms with E-state index < -0.39 is 0 Å². The van der Waals surface area contributed by atoms with Gasteiger partial charge >= 0.3 is 0 Å². The Kier molecular flexibility index (Phi) is 6.15. The zero-order valence-corrected chi connectivity index (χ0v) is 19.0. The number of nitrogens with zero attached hydrogens (tertiary/aromatic N) is 1. The predicted octanol–water partition coefficient (Wildman–Crippen LogP) is 5.58. The molecule has 2 aromatic carbocycles. The lowest BCUT2D eigenvalue weighted by Gasteiger charge is -2.13. The molecule has 6 nitrogen and oxygen atoms in total. The fourth-order valence-corrected chi connectivity index (χ4v) is 4.23. The van der Waals surface area contributed by atoms with Crippen LogP contribution in [-0.4, -0.2) is 17.5 Å². The van der Waals surface area contributed by atoms with Gasteiger partial charge in [-0.05, 0) is 75.1 Å². The maximum atomic E-state index is 12.9. The highest BCUT2D eigenvalue weighted by Crippen LogP contribution is 2.30. The van der Waals surface area contributed by atoms with Gasteiger partial charge in [0.05, 0.1) is 5.71 Å². The molecule has 0 radical (unpaired) electrons. The second-order valence-electron chi connectivity index (χ2n) is 8.05. The number of hydrazone groups is 1. The summed E-state index contributed by atoms with van der Waals surface area (Å²) >= 11 is 5.97. The Balaban J connectivity index is 1.57. The van der Waals surface area contributed by atoms with Gasteiger partial charge in [-0.2, -0.15) is 5.10 Å². The zero-order valence-electron chi connectivity index (χ0n) is 18.2. The van der Waals surface area contributed by atoms with Crippen LogP contribution in [-0.2, 0) is 6.42 Å². The summed E-state index contributed by atoms with van der Waals surface area (Å²) in [5.41, 5.74) is 8.12. The van der Waals surface area contributed by atoms with E-state index in [2.05, 4.69) is 15.8 Å². The topological polar surface area (TPSA) is 83.7 Å². The summed E-state index contributed by atoms with van der Waals surface area (Å²) < 4.78 is 5.95. The number of anilines is 1. The van der Waals surface area contributed by atoms with Crippen LogP contribution < -0.4 is 10.7 Å². The first kappa shape index (κ1) is 21.8. The molecule has 0 saturated heterocycles. The van der Waals surface area contributed by atoms with Crippen molar-refractivity contribution in [3.05, 3.63) is 86.8 Å². The number of aryl methyl sites for hydroxylation is 3. The monoisotopic (exact) mass is 449 g/mol. The van der Waals surface area contributed by atoms with Gasteiger partial charge in [0.15, 0.2) is 5.76 Å². The van der Waals surface area contributed by atoms with Crippen molar-refractivity contribution in [3.63, 3.8) is 0 Å². The van der Waals surface area contributed by atoms with E-state index >= 15 is 0 Å². The fraction of sp³-hybridized carbons (Fsp3) is 0.240. The van der Waals surface area contributed by atoms with Crippen LogP contribution in [0.25, 0.3) is 0 Å². The van der Waals surface area contributed by atoms with E-state index in [4.69, 9.17) is 16.0 Å². The first-order chi connectivity index (χ1) is 15.3. The Morgan fingerprint density at radius 3 is 2.47 bits per heavy atom. The Morgan fingerprint density at radius 2 is 1.75 bits per heavy atom. The number of fused-ring (bicyclic) bond motifs is 1. The lowest BCUT2D eigenvalue weighted by molar-refractivity contribution is 0.0953. The molecule has 1 aliphatic rings. The van der Waals surface area contributed by atoms with E-state index in [0.29, 0.717) is 29.1 Å². The number of benzene rings is 2. The minimum absolute atomic E-state index is 0.268. The summed E-state index contributed by atoms with van der Waals surface area (Å²) in [5, 5.41) is 7.76. The van der Waals surface area contributed by atoms with Gasteiger partial charge in [0.25, 0.3) is 11.8 Å². The molecule has 0 aliphatic heterocycles. The molecule has 164 valence electrons. The number of hydrogen-bond acceptors (Lipinski definition) is 4. The molecule has 32 heavy (non-hydrogen) atoms. The third-order valence-corrected chi connectivity index (χ3v) is 5.63. The maximum absolute atomic E-state index is 12.9. The fourth-order valence-electron chi connectivity index (χ4n) is 4.04. The van der Waals surface area contributed by atoms with Gasteiger partial charge in [-0.25, -0.2) is 5.43 Å². The Hall–Kier alpha value is -3.38. The van der Waals surface area contributed by atoms with Crippen molar-refractivity contribution in [3.8, 4) is 0 Å². The third-order valence-electron chi connectivity index (χ3n) is 5.39. The highest BCUT2D eigenvalue weighted by atomic mass is 35.5. The molecule has 0 saturated carbocycles. The quantitative estimate of drug-likeness (QED) is 0.510. The largest absolute Gasteiger partial charge is 0.455 e. The number of rotatable bonds is 4. The number of hydrogen-bond donors (Lipinski definition) is 2. The van der Waals surface area contributed by atoms with Crippen molar-refractivity contribution in [2.45, 2.75) is 40.0 Å². The standard InChI is InChI=1S/C25H24ClN3O3/c1-14-10-15(2)12-19(11-14)27-25(31)23-16(3)22-20(8-5-9-21(22)32-23)28-29-24(30)17-6-4-7-18(26)13-17/h4,6-7,10-13H,5,8-9H2,1-3H3,(H,27,31)(H,29,30)/b28-20+. The van der Waals surface area contributed by atoms with E-state index in [9.17, 15) is 9.59 Å². The molecule has 0 atom stereocenters. The van der Waals surface area contributed by atoms with Gasteiger partial charge in [-0.1, -0.05) is 23.7 Å². The summed E-state index contributed by atoms with van der Waals surface area (Å²) in [6.07, 6.45) is 2.22. The molecule has 3 aromatic rings. The number of furan rings is 1. The minimum atomic E-state index is -0.346. The average Bonchev–Trinajstić information content (AvgIpc) is 3.08. The van der Waals surface area contributed by atoms with Gasteiger partial charge in [0.1, 0.15) is 5.76 Å². The van der Waals surface area contributed by atoms with Crippen molar-refractivity contribution < 1.29 is 14.0 Å². The number of nitrogens with one attached hydrogen (secondary N) is 2. The van der Waals surface area contributed by atoms with Gasteiger partial charge in [0, 0.05) is 33.8 Å². The van der Waals surface area contributed by atoms with Crippen molar-refractivity contribution in [2.75, 3.05) is 5.32 Å². The van der Waals surface area contributed by atoms with E-state index in [-0.39, 0.29) is 17.6 Å². The van der Waals surface area contributed by atoms with Gasteiger partial charge < -0.3 is 9.73 Å². The van der Waals surface area contributed by atoms with Crippen LogP contribution in [0.4, 0.5) is 5.69 Å². The SMILES string of the molecule is Cc1cc(C)cc(NC(=O)c2oc3c(c2C)/C(=N/NC(=O)c2cccc(Cl)c2)CCC3)c1. The molecule has 1 aromatic heterocycles. The van der Waals surface area contributed by atoms with Crippen LogP contribution in [0, 0.1) is 20.8 Å². The van der Waals surface area contributed by atoms with Crippen molar-refractivity contribution in [1.82, 2.24) is 5.43 Å². The highest BCUT2D eigenvalue weighted by Gasteiger charge is 2.28. The van der Waals surface area contributed by atoms with Crippen LogP contribution in [0.1, 0.15) is 61.8 Å². The molecular weight excluding hydrogens is 426 g/mol. The molecule has 0 spiro atoms. The second kappa shape index (κ2) is 9.01. The molecular formula is C25H24ClN3O3. The van der Waals surface area contributed by atoms with Gasteiger partial charge in [0.2, 0.25) is 0 Å². The maximum Gasteiger partial charge on any atom is 0.291 e. The summed E-state index contributed by atoms with van der Waals surface area (Å²) in [6.45, 7) is 5.82. The summed E-state index contributed by atoms with van der Waals surface area (Å²) in [6, 6.07) is 12.6. The number of carbonyl (C=O) groups is 2. The molecule has 2 N–H and O–H groups in total. The Bertz CT molecular complexity index is 1220. The molecule has 0 unspecified atom stereocenters. The van der Waals surface area contributed by atoms with Crippen molar-refractivity contribution in [2.24, 2.45) is 5.10 Å². The van der Waals surface area contributed by atoms with Gasteiger partial charge in [-0.3, -0.25) is 9.59 Å². The van der Waals surface area contributed by atoms with Crippen LogP contribution >= 0.6 is 11.6 Å². The highest BCUT2D eigenvalue weighted by molar-refractivity contribution is 6.31. The molecule has 2 amide bonds. The third kappa shape index (κ3) is 4.60. The van der Waals surface area contributed by atoms with E-state index in [1.54, 1.807) is 24.3 Å². The first-order valence-corrected chi connectivity index (χ1v) is 10.8. The van der Waals surface area contributed by atoms with E-state index in [1.807, 2.05) is 39.0 Å². The molecule has 1 heterocycles. The average molecular weight is 450 g/mol. The lowest BCUT2D eigenvalue weighted by Crippen LogP contribution is -2.22. The van der Waals surface area contributed by atoms with Crippen molar-refractivity contribution in [1.29, 1.82) is 0 Å². The molecule has 7 heteroatoms. The molecule has 0 fully saturated rings. The number of carbonyl (C=O) groups excluding carboxylic acids is 2. The number of amides is 2. The van der Waals surface area contributed by atoms with Crippen LogP contribution in [0.15, 0.2) is 52.0 Å². The van der Waals surface area contributed by atoms with Crippen LogP contribution in [0.2, 0.25) is 5.02 Å². The predicted molar refractivity (Wildman–Crippen MR) is 126 cm³/mol. The van der Waals surface area contributed by atoms with E-state index in [1.165, 1.54) is 0 Å². The summed E-state index contributed by atoms with van der Waals surface area (Å²) in [5.74, 6) is 0.338. The lowest BCUT2D eigenvalue weighted by atomic mass is 9.93. The first-order valence-electron chi connectivity index (χ1n) is 10.5. The zero-order chi connectivity index (χ0) is 22.8. The minimum Gasteiger partial charge on any atom is -0.455 e. The molecule has 4 rings (SSSR count). The van der Waals surface area contributed by atoms with Crippen LogP contribution in [0.3, 0.4) is 0 Å². The Labute approximate surface area is 191 Å².